The number of ether oxygens (including phenoxy) is 1. The van der Waals surface area contributed by atoms with Gasteiger partial charge in [0.25, 0.3) is 0 Å². The SMILES string of the molecule is COc1ccccc1CN1CCCN(c2nc(C)c3cc(C)c(C)cc3n2)CC1. The number of fused-ring (bicyclic) bond motifs is 1. The predicted molar refractivity (Wildman–Crippen MR) is 119 cm³/mol. The Morgan fingerprint density at radius 1 is 0.931 bits per heavy atom. The molecule has 1 aliphatic heterocycles. The molecule has 0 spiro atoms. The van der Waals surface area contributed by atoms with E-state index in [2.05, 4.69) is 54.8 Å². The maximum absolute atomic E-state index is 5.52. The van der Waals surface area contributed by atoms with E-state index in [1.807, 2.05) is 12.1 Å². The van der Waals surface area contributed by atoms with Gasteiger partial charge in [-0.25, -0.2) is 9.97 Å². The molecule has 1 aromatic heterocycles. The number of aromatic nitrogens is 2. The summed E-state index contributed by atoms with van der Waals surface area (Å²) >= 11 is 0. The third kappa shape index (κ3) is 4.20. The molecule has 1 fully saturated rings. The summed E-state index contributed by atoms with van der Waals surface area (Å²) < 4.78 is 5.52. The molecule has 0 unspecified atom stereocenters. The molecule has 3 aromatic rings. The van der Waals surface area contributed by atoms with Crippen molar-refractivity contribution in [1.82, 2.24) is 14.9 Å². The van der Waals surface area contributed by atoms with Gasteiger partial charge in [0.1, 0.15) is 5.75 Å². The molecule has 0 saturated carbocycles. The molecular weight excluding hydrogens is 360 g/mol. The smallest absolute Gasteiger partial charge is 0.226 e. The second-order valence-electron chi connectivity index (χ2n) is 7.99. The summed E-state index contributed by atoms with van der Waals surface area (Å²) in [7, 11) is 1.74. The van der Waals surface area contributed by atoms with Crippen molar-refractivity contribution in [2.45, 2.75) is 33.7 Å². The van der Waals surface area contributed by atoms with Crippen molar-refractivity contribution in [3.63, 3.8) is 0 Å². The number of hydrogen-bond acceptors (Lipinski definition) is 5. The molecule has 5 nitrogen and oxygen atoms in total. The Kier molecular flexibility index (Phi) is 5.67. The molecule has 0 bridgehead atoms. The Bertz CT molecular complexity index is 1020. The van der Waals surface area contributed by atoms with Crippen LogP contribution in [-0.2, 0) is 6.54 Å². The van der Waals surface area contributed by atoms with Crippen LogP contribution in [0.4, 0.5) is 5.95 Å². The molecule has 1 aliphatic rings. The standard InChI is InChI=1S/C24H30N4O/c1-17-14-21-19(3)25-24(26-22(21)15-18(17)2)28-11-7-10-27(12-13-28)16-20-8-5-6-9-23(20)29-4/h5-6,8-9,14-15H,7,10-13,16H2,1-4H3. The van der Waals surface area contributed by atoms with Crippen LogP contribution in [0.5, 0.6) is 5.75 Å². The average molecular weight is 391 g/mol. The van der Waals surface area contributed by atoms with Crippen molar-refractivity contribution in [3.8, 4) is 5.75 Å². The Hall–Kier alpha value is -2.66. The monoisotopic (exact) mass is 390 g/mol. The molecule has 5 heteroatoms. The lowest BCUT2D eigenvalue weighted by molar-refractivity contribution is 0.279. The molecule has 2 aromatic carbocycles. The first kappa shape index (κ1) is 19.6. The fourth-order valence-corrected chi connectivity index (χ4v) is 4.07. The number of methoxy groups -OCH3 is 1. The lowest BCUT2D eigenvalue weighted by Crippen LogP contribution is -2.31. The van der Waals surface area contributed by atoms with Crippen LogP contribution in [0.1, 0.15) is 28.8 Å². The van der Waals surface area contributed by atoms with Crippen molar-refractivity contribution in [2.75, 3.05) is 38.2 Å². The van der Waals surface area contributed by atoms with E-state index in [1.54, 1.807) is 7.11 Å². The number of hydrogen-bond donors (Lipinski definition) is 0. The van der Waals surface area contributed by atoms with Crippen molar-refractivity contribution in [2.24, 2.45) is 0 Å². The average Bonchev–Trinajstić information content (AvgIpc) is 2.95. The molecule has 0 N–H and O–H groups in total. The minimum atomic E-state index is 0.859. The van der Waals surface area contributed by atoms with Crippen LogP contribution >= 0.6 is 0 Å². The third-order valence-corrected chi connectivity index (χ3v) is 5.95. The topological polar surface area (TPSA) is 41.5 Å². The van der Waals surface area contributed by atoms with Gasteiger partial charge < -0.3 is 9.64 Å². The van der Waals surface area contributed by atoms with E-state index < -0.39 is 0 Å². The summed E-state index contributed by atoms with van der Waals surface area (Å²) in [4.78, 5) is 14.6. The van der Waals surface area contributed by atoms with Gasteiger partial charge in [-0.3, -0.25) is 4.90 Å². The summed E-state index contributed by atoms with van der Waals surface area (Å²) in [6.07, 6.45) is 1.10. The van der Waals surface area contributed by atoms with Crippen molar-refractivity contribution < 1.29 is 4.74 Å². The first-order valence-electron chi connectivity index (χ1n) is 10.4. The van der Waals surface area contributed by atoms with Crippen LogP contribution in [0.3, 0.4) is 0 Å². The van der Waals surface area contributed by atoms with Crippen LogP contribution in [0.15, 0.2) is 36.4 Å². The van der Waals surface area contributed by atoms with Gasteiger partial charge in [0, 0.05) is 43.7 Å². The zero-order chi connectivity index (χ0) is 20.4. The molecular formula is C24H30N4O. The molecule has 0 atom stereocenters. The van der Waals surface area contributed by atoms with E-state index >= 15 is 0 Å². The first-order chi connectivity index (χ1) is 14.0. The quantitative estimate of drug-likeness (QED) is 0.665. The number of benzene rings is 2. The van der Waals surface area contributed by atoms with E-state index in [4.69, 9.17) is 14.7 Å². The zero-order valence-corrected chi connectivity index (χ0v) is 17.9. The molecule has 29 heavy (non-hydrogen) atoms. The van der Waals surface area contributed by atoms with E-state index in [9.17, 15) is 0 Å². The Labute approximate surface area is 173 Å². The third-order valence-electron chi connectivity index (χ3n) is 5.95. The highest BCUT2D eigenvalue weighted by molar-refractivity contribution is 5.83. The van der Waals surface area contributed by atoms with Gasteiger partial charge in [0.2, 0.25) is 5.95 Å². The molecule has 1 saturated heterocycles. The molecule has 2 heterocycles. The van der Waals surface area contributed by atoms with Crippen LogP contribution < -0.4 is 9.64 Å². The maximum atomic E-state index is 5.52. The largest absolute Gasteiger partial charge is 0.496 e. The second-order valence-corrected chi connectivity index (χ2v) is 7.99. The number of aryl methyl sites for hydroxylation is 3. The first-order valence-corrected chi connectivity index (χ1v) is 10.4. The second kappa shape index (κ2) is 8.37. The summed E-state index contributed by atoms with van der Waals surface area (Å²) in [6.45, 7) is 11.3. The zero-order valence-electron chi connectivity index (χ0n) is 17.9. The van der Waals surface area contributed by atoms with E-state index in [0.717, 1.165) is 67.4 Å². The lowest BCUT2D eigenvalue weighted by Gasteiger charge is -2.23. The van der Waals surface area contributed by atoms with Gasteiger partial charge in [0.15, 0.2) is 0 Å². The van der Waals surface area contributed by atoms with Crippen LogP contribution in [-0.4, -0.2) is 48.2 Å². The van der Waals surface area contributed by atoms with Gasteiger partial charge in [-0.15, -0.1) is 0 Å². The molecule has 152 valence electrons. The number of para-hydroxylation sites is 1. The van der Waals surface area contributed by atoms with Crippen LogP contribution in [0.25, 0.3) is 10.9 Å². The Morgan fingerprint density at radius 3 is 2.55 bits per heavy atom. The summed E-state index contributed by atoms with van der Waals surface area (Å²) in [5.41, 5.74) is 5.92. The molecule has 4 rings (SSSR count). The van der Waals surface area contributed by atoms with Gasteiger partial charge in [-0.2, -0.15) is 0 Å². The Balaban J connectivity index is 1.52. The fraction of sp³-hybridized carbons (Fsp3) is 0.417. The van der Waals surface area contributed by atoms with Gasteiger partial charge in [0.05, 0.1) is 18.3 Å². The number of rotatable bonds is 4. The van der Waals surface area contributed by atoms with Gasteiger partial charge >= 0.3 is 0 Å². The lowest BCUT2D eigenvalue weighted by atomic mass is 10.1. The normalized spacial score (nSPS) is 15.5. The number of nitrogens with zero attached hydrogens (tertiary/aromatic N) is 4. The fourth-order valence-electron chi connectivity index (χ4n) is 4.07. The van der Waals surface area contributed by atoms with Crippen molar-refractivity contribution in [1.29, 1.82) is 0 Å². The highest BCUT2D eigenvalue weighted by Gasteiger charge is 2.19. The minimum absolute atomic E-state index is 0.859. The molecule has 0 amide bonds. The minimum Gasteiger partial charge on any atom is -0.496 e. The maximum Gasteiger partial charge on any atom is 0.226 e. The van der Waals surface area contributed by atoms with E-state index in [0.29, 0.717) is 0 Å². The molecule has 0 radical (unpaired) electrons. The van der Waals surface area contributed by atoms with E-state index in [1.165, 1.54) is 16.7 Å². The van der Waals surface area contributed by atoms with Crippen LogP contribution in [0, 0.1) is 20.8 Å². The van der Waals surface area contributed by atoms with Crippen molar-refractivity contribution in [3.05, 3.63) is 58.8 Å². The highest BCUT2D eigenvalue weighted by atomic mass is 16.5. The van der Waals surface area contributed by atoms with Gasteiger partial charge in [-0.05, 0) is 56.5 Å². The van der Waals surface area contributed by atoms with Crippen molar-refractivity contribution >= 4 is 16.9 Å². The summed E-state index contributed by atoms with van der Waals surface area (Å²) in [5, 5.41) is 1.16. The van der Waals surface area contributed by atoms with Gasteiger partial charge in [-0.1, -0.05) is 18.2 Å². The van der Waals surface area contributed by atoms with E-state index in [-0.39, 0.29) is 0 Å². The van der Waals surface area contributed by atoms with Crippen LogP contribution in [0.2, 0.25) is 0 Å². The summed E-state index contributed by atoms with van der Waals surface area (Å²) in [5.74, 6) is 1.82. The predicted octanol–water partition coefficient (Wildman–Crippen LogP) is 4.28. The number of anilines is 1. The highest BCUT2D eigenvalue weighted by Crippen LogP contribution is 2.24. The summed E-state index contributed by atoms with van der Waals surface area (Å²) in [6, 6.07) is 12.7. The Morgan fingerprint density at radius 2 is 1.72 bits per heavy atom. The molecule has 0 aliphatic carbocycles.